The molecule has 1 aromatic heterocycles. The fraction of sp³-hybridized carbons (Fsp3) is 0.455. The first kappa shape index (κ1) is 13.0. The van der Waals surface area contributed by atoms with Crippen LogP contribution in [0.1, 0.15) is 13.8 Å². The molecule has 16 heavy (non-hydrogen) atoms. The summed E-state index contributed by atoms with van der Waals surface area (Å²) in [6, 6.07) is 0. The van der Waals surface area contributed by atoms with E-state index in [0.29, 0.717) is 0 Å². The van der Waals surface area contributed by atoms with E-state index in [1.807, 2.05) is 25.5 Å². The fourth-order valence-electron chi connectivity index (χ4n) is 0.899. The van der Waals surface area contributed by atoms with Crippen molar-refractivity contribution in [2.24, 2.45) is 7.05 Å². The minimum atomic E-state index is 0.752. The normalized spacial score (nSPS) is 8.94. The molecule has 0 saturated heterocycles. The molecular weight excluding hydrogens is 238 g/mol. The van der Waals surface area contributed by atoms with Gasteiger partial charge in [0.1, 0.15) is 0 Å². The zero-order chi connectivity index (χ0) is 11.8. The molecule has 0 unspecified atom stereocenters. The van der Waals surface area contributed by atoms with E-state index >= 15 is 0 Å². The molecule has 0 aliphatic heterocycles. The Bertz CT molecular complexity index is 416. The molecule has 1 rings (SSSR count). The molecule has 0 spiro atoms. The summed E-state index contributed by atoms with van der Waals surface area (Å²) < 4.78 is 1.98. The second-order valence-electron chi connectivity index (χ2n) is 2.76. The number of hydrogen-bond donors (Lipinski definition) is 0. The van der Waals surface area contributed by atoms with Crippen LogP contribution in [0.4, 0.5) is 0 Å². The van der Waals surface area contributed by atoms with Crippen LogP contribution < -0.4 is 0 Å². The zero-order valence-corrected chi connectivity index (χ0v) is 11.2. The third-order valence-corrected chi connectivity index (χ3v) is 3.50. The molecule has 0 radical (unpaired) electrons. The van der Waals surface area contributed by atoms with Crippen LogP contribution in [-0.2, 0) is 7.05 Å². The van der Waals surface area contributed by atoms with Crippen molar-refractivity contribution < 1.29 is 0 Å². The van der Waals surface area contributed by atoms with Crippen LogP contribution in [0.15, 0.2) is 10.3 Å². The monoisotopic (exact) mass is 251 g/mol. The van der Waals surface area contributed by atoms with Crippen LogP contribution in [0, 0.1) is 23.7 Å². The highest BCUT2D eigenvalue weighted by molar-refractivity contribution is 8.00. The van der Waals surface area contributed by atoms with E-state index in [0.717, 1.165) is 21.8 Å². The van der Waals surface area contributed by atoms with Crippen LogP contribution in [0.3, 0.4) is 0 Å². The van der Waals surface area contributed by atoms with E-state index in [9.17, 15) is 0 Å². The van der Waals surface area contributed by atoms with E-state index in [-0.39, 0.29) is 0 Å². The Morgan fingerprint density at radius 2 is 1.44 bits per heavy atom. The largest absolute Gasteiger partial charge is 0.300 e. The van der Waals surface area contributed by atoms with Crippen LogP contribution >= 0.6 is 23.5 Å². The number of aromatic nitrogens is 3. The molecule has 84 valence electrons. The molecule has 0 amide bonds. The Hall–Kier alpha value is -1.04. The lowest BCUT2D eigenvalue weighted by Gasteiger charge is -1.99. The average Bonchev–Trinajstić information content (AvgIpc) is 2.62. The zero-order valence-electron chi connectivity index (χ0n) is 9.57. The van der Waals surface area contributed by atoms with Crippen LogP contribution in [-0.4, -0.2) is 26.3 Å². The van der Waals surface area contributed by atoms with Gasteiger partial charge in [0.05, 0.1) is 11.5 Å². The van der Waals surface area contributed by atoms with Gasteiger partial charge in [-0.2, -0.15) is 0 Å². The highest BCUT2D eigenvalue weighted by Crippen LogP contribution is 2.20. The first-order valence-electron chi connectivity index (χ1n) is 4.73. The minimum Gasteiger partial charge on any atom is -0.300 e. The van der Waals surface area contributed by atoms with Gasteiger partial charge in [0.15, 0.2) is 10.3 Å². The third kappa shape index (κ3) is 3.84. The lowest BCUT2D eigenvalue weighted by Crippen LogP contribution is -1.93. The summed E-state index contributed by atoms with van der Waals surface area (Å²) in [5, 5.41) is 10.0. The van der Waals surface area contributed by atoms with Crippen molar-refractivity contribution in [2.75, 3.05) is 11.5 Å². The second kappa shape index (κ2) is 7.27. The summed E-state index contributed by atoms with van der Waals surface area (Å²) in [4.78, 5) is 0. The first-order chi connectivity index (χ1) is 7.79. The topological polar surface area (TPSA) is 30.7 Å². The number of hydrogen-bond acceptors (Lipinski definition) is 4. The molecule has 0 atom stereocenters. The van der Waals surface area contributed by atoms with Gasteiger partial charge >= 0.3 is 0 Å². The Labute approximate surface area is 105 Å². The maximum absolute atomic E-state index is 4.11. The first-order valence-corrected chi connectivity index (χ1v) is 6.71. The van der Waals surface area contributed by atoms with Gasteiger partial charge in [-0.05, 0) is 13.8 Å². The van der Waals surface area contributed by atoms with Crippen molar-refractivity contribution in [1.82, 2.24) is 14.8 Å². The predicted octanol–water partition coefficient (Wildman–Crippen LogP) is 2.05. The summed E-state index contributed by atoms with van der Waals surface area (Å²) in [7, 11) is 1.96. The van der Waals surface area contributed by atoms with Crippen LogP contribution in [0.25, 0.3) is 0 Å². The van der Waals surface area contributed by atoms with E-state index < -0.39 is 0 Å². The fourth-order valence-corrected chi connectivity index (χ4v) is 2.40. The van der Waals surface area contributed by atoms with Crippen molar-refractivity contribution >= 4 is 23.5 Å². The molecule has 0 aliphatic carbocycles. The third-order valence-electron chi connectivity index (χ3n) is 1.70. The molecular formula is C11H13N3S2. The standard InChI is InChI=1S/C11H13N3S2/c1-4-6-8-15-10-12-13-11(14(10)3)16-9-7-5-2/h8-9H2,1-3H3. The van der Waals surface area contributed by atoms with E-state index in [1.165, 1.54) is 0 Å². The van der Waals surface area contributed by atoms with Crippen LogP contribution in [0.2, 0.25) is 0 Å². The summed E-state index contributed by atoms with van der Waals surface area (Å²) in [5.41, 5.74) is 0. The van der Waals surface area contributed by atoms with Crippen molar-refractivity contribution in [3.63, 3.8) is 0 Å². The van der Waals surface area contributed by atoms with E-state index in [4.69, 9.17) is 0 Å². The van der Waals surface area contributed by atoms with Gasteiger partial charge in [0.2, 0.25) is 0 Å². The van der Waals surface area contributed by atoms with Gasteiger partial charge in [-0.25, -0.2) is 0 Å². The van der Waals surface area contributed by atoms with Crippen molar-refractivity contribution in [2.45, 2.75) is 24.2 Å². The van der Waals surface area contributed by atoms with Crippen LogP contribution in [0.5, 0.6) is 0 Å². The molecule has 5 heteroatoms. The molecule has 0 saturated carbocycles. The molecule has 3 nitrogen and oxygen atoms in total. The Balaban J connectivity index is 2.58. The molecule has 0 bridgehead atoms. The molecule has 1 aromatic rings. The lowest BCUT2D eigenvalue weighted by atomic mass is 10.7. The van der Waals surface area contributed by atoms with Crippen molar-refractivity contribution in [1.29, 1.82) is 0 Å². The molecule has 0 fully saturated rings. The Kier molecular flexibility index (Phi) is 5.92. The maximum Gasteiger partial charge on any atom is 0.192 e. The number of thioether (sulfide) groups is 2. The second-order valence-corrected chi connectivity index (χ2v) is 4.64. The highest BCUT2D eigenvalue weighted by atomic mass is 32.2. The summed E-state index contributed by atoms with van der Waals surface area (Å²) in [6.07, 6.45) is 0. The number of nitrogens with zero attached hydrogens (tertiary/aromatic N) is 3. The van der Waals surface area contributed by atoms with Gasteiger partial charge < -0.3 is 4.57 Å². The van der Waals surface area contributed by atoms with E-state index in [1.54, 1.807) is 23.5 Å². The quantitative estimate of drug-likeness (QED) is 0.605. The van der Waals surface area contributed by atoms with Gasteiger partial charge in [-0.15, -0.1) is 22.0 Å². The maximum atomic E-state index is 4.11. The van der Waals surface area contributed by atoms with Crippen molar-refractivity contribution in [3.8, 4) is 23.7 Å². The minimum absolute atomic E-state index is 0.752. The van der Waals surface area contributed by atoms with Gasteiger partial charge in [-0.1, -0.05) is 35.4 Å². The Morgan fingerprint density at radius 3 is 1.81 bits per heavy atom. The predicted molar refractivity (Wildman–Crippen MR) is 69.4 cm³/mol. The van der Waals surface area contributed by atoms with Gasteiger partial charge in [0, 0.05) is 7.05 Å². The highest BCUT2D eigenvalue weighted by Gasteiger charge is 2.07. The van der Waals surface area contributed by atoms with Crippen molar-refractivity contribution in [3.05, 3.63) is 0 Å². The summed E-state index contributed by atoms with van der Waals surface area (Å²) in [6.45, 7) is 3.67. The lowest BCUT2D eigenvalue weighted by molar-refractivity contribution is 0.723. The number of rotatable bonds is 4. The molecule has 1 heterocycles. The molecule has 0 N–H and O–H groups in total. The smallest absolute Gasteiger partial charge is 0.192 e. The summed E-state index contributed by atoms with van der Waals surface area (Å²) >= 11 is 3.20. The molecule has 0 aliphatic rings. The summed E-state index contributed by atoms with van der Waals surface area (Å²) in [5.74, 6) is 13.2. The van der Waals surface area contributed by atoms with Gasteiger partial charge in [0.25, 0.3) is 0 Å². The SMILES string of the molecule is CC#CCSc1nnc(SCC#CC)n1C. The van der Waals surface area contributed by atoms with Gasteiger partial charge in [-0.3, -0.25) is 0 Å². The average molecular weight is 251 g/mol. The Morgan fingerprint density at radius 1 is 1.00 bits per heavy atom. The molecule has 0 aromatic carbocycles. The van der Waals surface area contributed by atoms with E-state index in [2.05, 4.69) is 33.9 Å².